The summed E-state index contributed by atoms with van der Waals surface area (Å²) in [7, 11) is 1.52. The Bertz CT molecular complexity index is 1180. The van der Waals surface area contributed by atoms with Crippen LogP contribution in [0.4, 0.5) is 16.6 Å². The zero-order valence-corrected chi connectivity index (χ0v) is 21.4. The lowest BCUT2D eigenvalue weighted by Gasteiger charge is -2.40. The van der Waals surface area contributed by atoms with Gasteiger partial charge in [0.05, 0.1) is 16.6 Å². The van der Waals surface area contributed by atoms with Crippen LogP contribution in [0.25, 0.3) is 0 Å². The van der Waals surface area contributed by atoms with Crippen molar-refractivity contribution in [2.75, 3.05) is 30.3 Å². The van der Waals surface area contributed by atoms with Gasteiger partial charge in [0.25, 0.3) is 5.56 Å². The summed E-state index contributed by atoms with van der Waals surface area (Å²) < 4.78 is 6.63. The summed E-state index contributed by atoms with van der Waals surface area (Å²) in [5.74, 6) is -1.03. The third-order valence-corrected chi connectivity index (χ3v) is 7.04. The molecule has 1 saturated heterocycles. The summed E-state index contributed by atoms with van der Waals surface area (Å²) in [6.45, 7) is 5.31. The topological polar surface area (TPSA) is 131 Å². The van der Waals surface area contributed by atoms with Gasteiger partial charge in [-0.1, -0.05) is 41.0 Å². The number of piperazine rings is 1. The Labute approximate surface area is 210 Å². The zero-order valence-electron chi connectivity index (χ0n) is 19.0. The number of carboxylic acid groups (broad SMARTS) is 1. The third-order valence-electron chi connectivity index (χ3n) is 4.96. The van der Waals surface area contributed by atoms with Crippen molar-refractivity contribution in [3.63, 3.8) is 0 Å². The standard InChI is InChI=1S/C21H25Cl2N5O5S/c1-21(2,3)33-20(32)28-9-8-27(10-12(28)18(30)31)19-25-16(24)15(17(29)26(19)4)34-13-7-5-6-11(22)14(13)23/h5-7,12H,8-10,24H2,1-4H3,(H,30,31). The molecule has 3 rings (SSSR count). The monoisotopic (exact) mass is 529 g/mol. The number of carboxylic acids is 1. The van der Waals surface area contributed by atoms with Crippen molar-refractivity contribution >= 4 is 58.8 Å². The molecule has 1 aliphatic rings. The number of amides is 1. The largest absolute Gasteiger partial charge is 0.480 e. The number of carbonyl (C=O) groups is 2. The molecule has 1 amide bonds. The molecule has 3 N–H and O–H groups in total. The number of nitrogens with zero attached hydrogens (tertiary/aromatic N) is 4. The molecule has 10 nitrogen and oxygen atoms in total. The number of ether oxygens (including phenoxy) is 1. The first-order valence-corrected chi connectivity index (χ1v) is 11.8. The molecule has 2 aromatic rings. The minimum absolute atomic E-state index is 0.0272. The first kappa shape index (κ1) is 26.0. The first-order valence-electron chi connectivity index (χ1n) is 10.3. The highest BCUT2D eigenvalue weighted by Gasteiger charge is 2.38. The Morgan fingerprint density at radius 2 is 1.94 bits per heavy atom. The van der Waals surface area contributed by atoms with E-state index >= 15 is 0 Å². The Kier molecular flexibility index (Phi) is 7.59. The Balaban J connectivity index is 1.89. The van der Waals surface area contributed by atoms with Crippen molar-refractivity contribution in [2.24, 2.45) is 7.05 Å². The van der Waals surface area contributed by atoms with Gasteiger partial charge in [-0.2, -0.15) is 4.98 Å². The van der Waals surface area contributed by atoms with Crippen molar-refractivity contribution in [1.82, 2.24) is 14.5 Å². The maximum atomic E-state index is 13.1. The summed E-state index contributed by atoms with van der Waals surface area (Å²) in [5, 5.41) is 10.4. The number of nitrogen functional groups attached to an aromatic ring is 1. The van der Waals surface area contributed by atoms with E-state index in [1.165, 1.54) is 11.6 Å². The van der Waals surface area contributed by atoms with Crippen LogP contribution in [0.2, 0.25) is 10.0 Å². The SMILES string of the molecule is Cn1c(N2CCN(C(=O)OC(C)(C)C)C(C(=O)O)C2)nc(N)c(Sc2cccc(Cl)c2Cl)c1=O. The molecule has 184 valence electrons. The van der Waals surface area contributed by atoms with E-state index in [-0.39, 0.29) is 36.3 Å². The number of rotatable bonds is 4. The fraction of sp³-hybridized carbons (Fsp3) is 0.429. The number of aliphatic carboxylic acids is 1. The predicted octanol–water partition coefficient (Wildman–Crippen LogP) is 3.33. The molecule has 0 aliphatic carbocycles. The molecule has 2 heterocycles. The quantitative estimate of drug-likeness (QED) is 0.611. The van der Waals surface area contributed by atoms with Crippen molar-refractivity contribution in [2.45, 2.75) is 42.2 Å². The van der Waals surface area contributed by atoms with E-state index in [0.29, 0.717) is 14.9 Å². The van der Waals surface area contributed by atoms with Gasteiger partial charge in [-0.25, -0.2) is 9.59 Å². The van der Waals surface area contributed by atoms with E-state index in [9.17, 15) is 19.5 Å². The summed E-state index contributed by atoms with van der Waals surface area (Å²) in [4.78, 5) is 45.4. The van der Waals surface area contributed by atoms with Gasteiger partial charge >= 0.3 is 12.1 Å². The number of nitrogens with two attached hydrogens (primary N) is 1. The molecule has 1 unspecified atom stereocenters. The van der Waals surface area contributed by atoms with E-state index in [1.807, 2.05) is 0 Å². The molecule has 0 bridgehead atoms. The molecule has 1 aromatic heterocycles. The number of carbonyl (C=O) groups excluding carboxylic acids is 1. The van der Waals surface area contributed by atoms with Crippen LogP contribution in [0.1, 0.15) is 20.8 Å². The lowest BCUT2D eigenvalue weighted by molar-refractivity contribution is -0.143. The van der Waals surface area contributed by atoms with E-state index in [4.69, 9.17) is 33.7 Å². The lowest BCUT2D eigenvalue weighted by atomic mass is 10.1. The second-order valence-electron chi connectivity index (χ2n) is 8.62. The van der Waals surface area contributed by atoms with Crippen LogP contribution >= 0.6 is 35.0 Å². The molecular formula is C21H25Cl2N5O5S. The molecular weight excluding hydrogens is 505 g/mol. The van der Waals surface area contributed by atoms with Crippen molar-refractivity contribution in [3.05, 3.63) is 38.6 Å². The number of aromatic nitrogens is 2. The third kappa shape index (κ3) is 5.53. The second kappa shape index (κ2) is 9.93. The molecule has 1 aromatic carbocycles. The van der Waals surface area contributed by atoms with Crippen LogP contribution in [-0.2, 0) is 16.6 Å². The number of anilines is 2. The summed E-state index contributed by atoms with van der Waals surface area (Å²) in [6, 6.07) is 3.85. The van der Waals surface area contributed by atoms with Gasteiger partial charge < -0.3 is 20.5 Å². The van der Waals surface area contributed by atoms with Crippen LogP contribution in [-0.4, -0.2) is 62.9 Å². The van der Waals surface area contributed by atoms with Crippen LogP contribution in [0.15, 0.2) is 32.8 Å². The van der Waals surface area contributed by atoms with Crippen molar-refractivity contribution < 1.29 is 19.4 Å². The molecule has 1 aliphatic heterocycles. The number of halogens is 2. The van der Waals surface area contributed by atoms with Gasteiger partial charge in [0.15, 0.2) is 6.04 Å². The van der Waals surface area contributed by atoms with Crippen molar-refractivity contribution in [3.8, 4) is 0 Å². The van der Waals surface area contributed by atoms with E-state index in [1.54, 1.807) is 43.9 Å². The van der Waals surface area contributed by atoms with E-state index in [0.717, 1.165) is 16.7 Å². The van der Waals surface area contributed by atoms with Gasteiger partial charge in [0, 0.05) is 25.0 Å². The maximum absolute atomic E-state index is 13.1. The molecule has 0 radical (unpaired) electrons. The van der Waals surface area contributed by atoms with Crippen LogP contribution in [0.5, 0.6) is 0 Å². The maximum Gasteiger partial charge on any atom is 0.411 e. The van der Waals surface area contributed by atoms with Gasteiger partial charge in [-0.05, 0) is 32.9 Å². The molecule has 34 heavy (non-hydrogen) atoms. The smallest absolute Gasteiger partial charge is 0.411 e. The average Bonchev–Trinajstić information content (AvgIpc) is 2.75. The molecule has 0 spiro atoms. The normalized spacial score (nSPS) is 16.5. The first-order chi connectivity index (χ1) is 15.8. The van der Waals surface area contributed by atoms with Gasteiger partial charge in [-0.3, -0.25) is 14.3 Å². The number of hydrogen-bond acceptors (Lipinski definition) is 8. The zero-order chi connectivity index (χ0) is 25.4. The minimum atomic E-state index is -1.20. The summed E-state index contributed by atoms with van der Waals surface area (Å²) in [5.41, 5.74) is 4.93. The highest BCUT2D eigenvalue weighted by Crippen LogP contribution is 2.37. The second-order valence-corrected chi connectivity index (χ2v) is 10.5. The number of hydrogen-bond donors (Lipinski definition) is 2. The minimum Gasteiger partial charge on any atom is -0.480 e. The Morgan fingerprint density at radius 3 is 2.56 bits per heavy atom. The van der Waals surface area contributed by atoms with Crippen LogP contribution in [0.3, 0.4) is 0 Å². The summed E-state index contributed by atoms with van der Waals surface area (Å²) >= 11 is 13.3. The average molecular weight is 530 g/mol. The van der Waals surface area contributed by atoms with Crippen molar-refractivity contribution in [1.29, 1.82) is 0 Å². The molecule has 1 atom stereocenters. The Morgan fingerprint density at radius 1 is 1.26 bits per heavy atom. The lowest BCUT2D eigenvalue weighted by Crippen LogP contribution is -2.59. The van der Waals surface area contributed by atoms with Gasteiger partial charge in [0.2, 0.25) is 5.95 Å². The van der Waals surface area contributed by atoms with Gasteiger partial charge in [0.1, 0.15) is 16.3 Å². The van der Waals surface area contributed by atoms with E-state index in [2.05, 4.69) is 4.98 Å². The Hall–Kier alpha value is -2.63. The molecule has 0 saturated carbocycles. The van der Waals surface area contributed by atoms with Crippen LogP contribution in [0, 0.1) is 0 Å². The fourth-order valence-corrected chi connectivity index (χ4v) is 4.77. The summed E-state index contributed by atoms with van der Waals surface area (Å²) in [6.07, 6.45) is -0.717. The van der Waals surface area contributed by atoms with Gasteiger partial charge in [-0.15, -0.1) is 0 Å². The highest BCUT2D eigenvalue weighted by atomic mass is 35.5. The predicted molar refractivity (Wildman–Crippen MR) is 131 cm³/mol. The fourth-order valence-electron chi connectivity index (χ4n) is 3.35. The highest BCUT2D eigenvalue weighted by molar-refractivity contribution is 7.99. The molecule has 1 fully saturated rings. The number of benzene rings is 1. The van der Waals surface area contributed by atoms with E-state index < -0.39 is 29.3 Å². The van der Waals surface area contributed by atoms with Crippen LogP contribution < -0.4 is 16.2 Å². The molecule has 13 heteroatoms.